The summed E-state index contributed by atoms with van der Waals surface area (Å²) < 4.78 is 19.8. The van der Waals surface area contributed by atoms with Crippen molar-refractivity contribution in [3.05, 3.63) is 36.2 Å². The summed E-state index contributed by atoms with van der Waals surface area (Å²) in [5.41, 5.74) is 0.280. The van der Waals surface area contributed by atoms with E-state index in [0.29, 0.717) is 13.1 Å². The molecule has 2 fully saturated rings. The maximum atomic E-state index is 14.4. The molecule has 7 heteroatoms. The summed E-state index contributed by atoms with van der Waals surface area (Å²) in [6.45, 7) is 6.52. The Balaban J connectivity index is 1.39. The van der Waals surface area contributed by atoms with E-state index < -0.39 is 11.8 Å². The molecule has 6 nitrogen and oxygen atoms in total. The van der Waals surface area contributed by atoms with Crippen molar-refractivity contribution in [2.45, 2.75) is 32.5 Å². The van der Waals surface area contributed by atoms with E-state index in [4.69, 9.17) is 4.74 Å². The number of piperidine rings is 1. The summed E-state index contributed by atoms with van der Waals surface area (Å²) in [5, 5.41) is 2.60. The minimum atomic E-state index is -1.10. The number of nitrogens with zero attached hydrogens (tertiary/aromatic N) is 2. The van der Waals surface area contributed by atoms with Crippen LogP contribution in [0.4, 0.5) is 9.18 Å². The SMILES string of the molecule is CC(C)(C)OC(=O)N1CC2C(C1)C2C(F)CNC(=O)/C=C/c1cccnc1. The molecule has 2 heterocycles. The topological polar surface area (TPSA) is 71.5 Å². The van der Waals surface area contributed by atoms with Crippen LogP contribution in [0.15, 0.2) is 30.6 Å². The van der Waals surface area contributed by atoms with Gasteiger partial charge in [0, 0.05) is 44.0 Å². The largest absolute Gasteiger partial charge is 0.444 e. The smallest absolute Gasteiger partial charge is 0.410 e. The molecule has 1 aliphatic carbocycles. The highest BCUT2D eigenvalue weighted by molar-refractivity contribution is 5.91. The molecule has 2 amide bonds. The van der Waals surface area contributed by atoms with Gasteiger partial charge in [-0.2, -0.15) is 0 Å². The van der Waals surface area contributed by atoms with E-state index in [0.717, 1.165) is 5.56 Å². The minimum absolute atomic E-state index is 0.0136. The van der Waals surface area contributed by atoms with E-state index in [1.54, 1.807) is 29.4 Å². The lowest BCUT2D eigenvalue weighted by Gasteiger charge is -2.26. The molecule has 27 heavy (non-hydrogen) atoms. The number of halogens is 1. The van der Waals surface area contributed by atoms with Crippen molar-refractivity contribution in [3.63, 3.8) is 0 Å². The van der Waals surface area contributed by atoms with E-state index in [-0.39, 0.29) is 36.3 Å². The summed E-state index contributed by atoms with van der Waals surface area (Å²) in [6.07, 6.45) is 4.88. The van der Waals surface area contributed by atoms with Gasteiger partial charge in [-0.1, -0.05) is 6.07 Å². The normalized spacial score (nSPS) is 25.2. The first-order valence-electron chi connectivity index (χ1n) is 9.22. The van der Waals surface area contributed by atoms with Gasteiger partial charge in [-0.25, -0.2) is 9.18 Å². The van der Waals surface area contributed by atoms with Crippen LogP contribution in [0.5, 0.6) is 0 Å². The maximum Gasteiger partial charge on any atom is 0.410 e. The van der Waals surface area contributed by atoms with Crippen molar-refractivity contribution in [2.24, 2.45) is 17.8 Å². The molecule has 3 atom stereocenters. The zero-order chi connectivity index (χ0) is 19.6. The van der Waals surface area contributed by atoms with Gasteiger partial charge in [-0.15, -0.1) is 0 Å². The third kappa shape index (κ3) is 5.05. The second-order valence-electron chi connectivity index (χ2n) is 8.17. The average Bonchev–Trinajstić information content (AvgIpc) is 3.11. The highest BCUT2D eigenvalue weighted by Crippen LogP contribution is 2.54. The van der Waals surface area contributed by atoms with Gasteiger partial charge in [0.2, 0.25) is 5.91 Å². The number of aromatic nitrogens is 1. The molecule has 1 N–H and O–H groups in total. The first-order valence-corrected chi connectivity index (χ1v) is 9.22. The fourth-order valence-electron chi connectivity index (χ4n) is 3.62. The van der Waals surface area contributed by atoms with Crippen LogP contribution < -0.4 is 5.32 Å². The molecule has 0 spiro atoms. The predicted octanol–water partition coefficient (Wildman–Crippen LogP) is 2.66. The van der Waals surface area contributed by atoms with Crippen molar-refractivity contribution in [1.29, 1.82) is 0 Å². The Morgan fingerprint density at radius 1 is 1.41 bits per heavy atom. The molecule has 1 aliphatic heterocycles. The fraction of sp³-hybridized carbons (Fsp3) is 0.550. The van der Waals surface area contributed by atoms with Gasteiger partial charge in [0.1, 0.15) is 11.8 Å². The van der Waals surface area contributed by atoms with Gasteiger partial charge in [0.25, 0.3) is 0 Å². The van der Waals surface area contributed by atoms with Crippen LogP contribution in [-0.4, -0.2) is 53.3 Å². The predicted molar refractivity (Wildman–Crippen MR) is 99.5 cm³/mol. The van der Waals surface area contributed by atoms with E-state index >= 15 is 0 Å². The molecule has 0 aromatic carbocycles. The Labute approximate surface area is 158 Å². The second-order valence-corrected chi connectivity index (χ2v) is 8.17. The Kier molecular flexibility index (Phi) is 5.48. The summed E-state index contributed by atoms with van der Waals surface area (Å²) >= 11 is 0. The van der Waals surface area contributed by atoms with Crippen molar-refractivity contribution >= 4 is 18.1 Å². The first kappa shape index (κ1) is 19.3. The fourth-order valence-corrected chi connectivity index (χ4v) is 3.62. The summed E-state index contributed by atoms with van der Waals surface area (Å²) in [7, 11) is 0. The summed E-state index contributed by atoms with van der Waals surface area (Å²) in [6, 6.07) is 3.61. The van der Waals surface area contributed by atoms with Crippen molar-refractivity contribution in [2.75, 3.05) is 19.6 Å². The number of carbonyl (C=O) groups is 2. The van der Waals surface area contributed by atoms with E-state index in [9.17, 15) is 14.0 Å². The van der Waals surface area contributed by atoms with E-state index in [1.165, 1.54) is 6.08 Å². The van der Waals surface area contributed by atoms with Gasteiger partial charge >= 0.3 is 6.09 Å². The van der Waals surface area contributed by atoms with Crippen molar-refractivity contribution in [3.8, 4) is 0 Å². The number of nitrogens with one attached hydrogen (secondary N) is 1. The number of pyridine rings is 1. The molecule has 0 bridgehead atoms. The lowest BCUT2D eigenvalue weighted by Crippen LogP contribution is -2.38. The van der Waals surface area contributed by atoms with Gasteiger partial charge in [0.15, 0.2) is 0 Å². The van der Waals surface area contributed by atoms with Gasteiger partial charge in [0.05, 0.1) is 0 Å². The van der Waals surface area contributed by atoms with Crippen LogP contribution in [0, 0.1) is 17.8 Å². The lowest BCUT2D eigenvalue weighted by molar-refractivity contribution is -0.116. The van der Waals surface area contributed by atoms with Crippen LogP contribution in [0.1, 0.15) is 26.3 Å². The first-order chi connectivity index (χ1) is 12.7. The van der Waals surface area contributed by atoms with Gasteiger partial charge < -0.3 is 15.0 Å². The Bertz CT molecular complexity index is 705. The molecule has 2 aliphatic rings. The Hall–Kier alpha value is -2.44. The number of likely N-dealkylation sites (tertiary alicyclic amines) is 1. The molecular formula is C20H26FN3O3. The van der Waals surface area contributed by atoms with Crippen LogP contribution in [0.3, 0.4) is 0 Å². The maximum absolute atomic E-state index is 14.4. The zero-order valence-corrected chi connectivity index (χ0v) is 15.9. The van der Waals surface area contributed by atoms with E-state index in [2.05, 4.69) is 10.3 Å². The molecule has 3 rings (SSSR count). The Morgan fingerprint density at radius 2 is 2.11 bits per heavy atom. The number of hydrogen-bond acceptors (Lipinski definition) is 4. The highest BCUT2D eigenvalue weighted by Gasteiger charge is 2.60. The van der Waals surface area contributed by atoms with Crippen LogP contribution in [0.25, 0.3) is 6.08 Å². The number of fused-ring (bicyclic) bond motifs is 1. The van der Waals surface area contributed by atoms with Gasteiger partial charge in [-0.05, 0) is 50.3 Å². The minimum Gasteiger partial charge on any atom is -0.444 e. The molecule has 146 valence electrons. The van der Waals surface area contributed by atoms with Gasteiger partial charge in [-0.3, -0.25) is 9.78 Å². The molecular weight excluding hydrogens is 349 g/mol. The molecule has 1 aromatic rings. The quantitative estimate of drug-likeness (QED) is 0.803. The molecule has 1 saturated carbocycles. The average molecular weight is 375 g/mol. The standard InChI is InChI=1S/C20H26FN3O3/c1-20(2,3)27-19(26)24-11-14-15(12-24)18(14)16(21)10-23-17(25)7-6-13-5-4-8-22-9-13/h4-9,14-16,18H,10-12H2,1-3H3,(H,23,25)/b7-6+. The lowest BCUT2D eigenvalue weighted by atomic mass is 10.1. The number of ether oxygens (including phenoxy) is 1. The second kappa shape index (κ2) is 7.66. The third-order valence-corrected chi connectivity index (χ3v) is 4.91. The molecule has 3 unspecified atom stereocenters. The Morgan fingerprint density at radius 3 is 2.70 bits per heavy atom. The van der Waals surface area contributed by atoms with Crippen molar-refractivity contribution in [1.82, 2.24) is 15.2 Å². The number of carbonyl (C=O) groups excluding carboxylic acids is 2. The van der Waals surface area contributed by atoms with E-state index in [1.807, 2.05) is 26.8 Å². The molecule has 1 saturated heterocycles. The van der Waals surface area contributed by atoms with Crippen LogP contribution in [-0.2, 0) is 9.53 Å². The number of alkyl halides is 1. The van der Waals surface area contributed by atoms with Crippen LogP contribution in [0.2, 0.25) is 0 Å². The van der Waals surface area contributed by atoms with Crippen molar-refractivity contribution < 1.29 is 18.7 Å². The van der Waals surface area contributed by atoms with Crippen LogP contribution >= 0.6 is 0 Å². The molecule has 0 radical (unpaired) electrons. The summed E-state index contributed by atoms with van der Waals surface area (Å²) in [5.74, 6) is -0.0975. The number of amides is 2. The number of hydrogen-bond donors (Lipinski definition) is 1. The summed E-state index contributed by atoms with van der Waals surface area (Å²) in [4.78, 5) is 29.5. The zero-order valence-electron chi connectivity index (χ0n) is 15.9. The number of rotatable bonds is 5. The highest BCUT2D eigenvalue weighted by atomic mass is 19.1. The molecule has 1 aromatic heterocycles. The third-order valence-electron chi connectivity index (χ3n) is 4.91. The monoisotopic (exact) mass is 375 g/mol.